The maximum absolute atomic E-state index is 12.0. The second-order valence-electron chi connectivity index (χ2n) is 5.81. The van der Waals surface area contributed by atoms with Gasteiger partial charge in [-0.25, -0.2) is 0 Å². The van der Waals surface area contributed by atoms with E-state index >= 15 is 0 Å². The number of carbonyl (C=O) groups is 1. The van der Waals surface area contributed by atoms with Gasteiger partial charge in [0.15, 0.2) is 11.0 Å². The van der Waals surface area contributed by atoms with Crippen molar-refractivity contribution in [2.75, 3.05) is 5.75 Å². The number of rotatable bonds is 7. The quantitative estimate of drug-likeness (QED) is 0.790. The first-order valence-electron chi connectivity index (χ1n) is 7.96. The summed E-state index contributed by atoms with van der Waals surface area (Å²) in [7, 11) is 0. The summed E-state index contributed by atoms with van der Waals surface area (Å²) >= 11 is 1.45. The molecule has 2 aromatic heterocycles. The van der Waals surface area contributed by atoms with E-state index in [1.54, 1.807) is 12.4 Å². The SMILES string of the molecule is CC[C@H](C)NC(=O)CSc1nnc(-c2ccncc2)n1C1CC1. The molecule has 0 spiro atoms. The number of nitrogens with zero attached hydrogens (tertiary/aromatic N) is 4. The predicted molar refractivity (Wildman–Crippen MR) is 90.1 cm³/mol. The van der Waals surface area contributed by atoms with Crippen LogP contribution in [0.4, 0.5) is 0 Å². The Morgan fingerprint density at radius 2 is 2.13 bits per heavy atom. The zero-order chi connectivity index (χ0) is 16.2. The van der Waals surface area contributed by atoms with Crippen LogP contribution in [0.15, 0.2) is 29.7 Å². The summed E-state index contributed by atoms with van der Waals surface area (Å²) in [6.07, 6.45) is 6.73. The third-order valence-corrected chi connectivity index (χ3v) is 4.81. The zero-order valence-corrected chi connectivity index (χ0v) is 14.2. The highest BCUT2D eigenvalue weighted by molar-refractivity contribution is 7.99. The van der Waals surface area contributed by atoms with Gasteiger partial charge in [-0.1, -0.05) is 18.7 Å². The second-order valence-corrected chi connectivity index (χ2v) is 6.75. The Balaban J connectivity index is 1.73. The maximum atomic E-state index is 12.0. The van der Waals surface area contributed by atoms with Crippen LogP contribution in [0, 0.1) is 0 Å². The van der Waals surface area contributed by atoms with Crippen molar-refractivity contribution in [1.29, 1.82) is 0 Å². The number of hydrogen-bond donors (Lipinski definition) is 1. The average molecular weight is 331 g/mol. The third kappa shape index (κ3) is 3.90. The van der Waals surface area contributed by atoms with E-state index < -0.39 is 0 Å². The van der Waals surface area contributed by atoms with Crippen LogP contribution < -0.4 is 5.32 Å². The molecular weight excluding hydrogens is 310 g/mol. The number of nitrogens with one attached hydrogen (secondary N) is 1. The lowest BCUT2D eigenvalue weighted by atomic mass is 10.2. The van der Waals surface area contributed by atoms with Gasteiger partial charge in [0.25, 0.3) is 0 Å². The van der Waals surface area contributed by atoms with Crippen molar-refractivity contribution in [1.82, 2.24) is 25.1 Å². The van der Waals surface area contributed by atoms with E-state index in [0.29, 0.717) is 11.8 Å². The lowest BCUT2D eigenvalue weighted by Gasteiger charge is -2.11. The largest absolute Gasteiger partial charge is 0.353 e. The molecule has 1 aliphatic carbocycles. The molecule has 0 saturated heterocycles. The summed E-state index contributed by atoms with van der Waals surface area (Å²) in [6.45, 7) is 4.07. The molecule has 0 radical (unpaired) electrons. The van der Waals surface area contributed by atoms with Crippen LogP contribution in [0.3, 0.4) is 0 Å². The van der Waals surface area contributed by atoms with Crippen LogP contribution >= 0.6 is 11.8 Å². The summed E-state index contributed by atoms with van der Waals surface area (Å²) in [5, 5.41) is 12.4. The van der Waals surface area contributed by atoms with Gasteiger partial charge in [-0.15, -0.1) is 10.2 Å². The Labute approximate surface area is 140 Å². The van der Waals surface area contributed by atoms with Gasteiger partial charge < -0.3 is 5.32 Å². The van der Waals surface area contributed by atoms with Crippen LogP contribution in [-0.2, 0) is 4.79 Å². The van der Waals surface area contributed by atoms with Gasteiger partial charge in [0.2, 0.25) is 5.91 Å². The number of thioether (sulfide) groups is 1. The average Bonchev–Trinajstić information content (AvgIpc) is 3.33. The molecule has 0 unspecified atom stereocenters. The molecule has 23 heavy (non-hydrogen) atoms. The molecule has 1 fully saturated rings. The lowest BCUT2D eigenvalue weighted by Crippen LogP contribution is -2.33. The van der Waals surface area contributed by atoms with Gasteiger partial charge in [-0.2, -0.15) is 0 Å². The molecule has 0 aliphatic heterocycles. The van der Waals surface area contributed by atoms with E-state index in [1.807, 2.05) is 19.1 Å². The van der Waals surface area contributed by atoms with Crippen molar-refractivity contribution in [3.8, 4) is 11.4 Å². The minimum Gasteiger partial charge on any atom is -0.353 e. The summed E-state index contributed by atoms with van der Waals surface area (Å²) in [6, 6.07) is 4.53. The van der Waals surface area contributed by atoms with Crippen LogP contribution in [0.5, 0.6) is 0 Å². The van der Waals surface area contributed by atoms with E-state index in [9.17, 15) is 4.79 Å². The smallest absolute Gasteiger partial charge is 0.230 e. The molecule has 1 atom stereocenters. The first-order valence-corrected chi connectivity index (χ1v) is 8.95. The number of hydrogen-bond acceptors (Lipinski definition) is 5. The van der Waals surface area contributed by atoms with Crippen LogP contribution in [0.25, 0.3) is 11.4 Å². The van der Waals surface area contributed by atoms with E-state index in [1.165, 1.54) is 11.8 Å². The Hall–Kier alpha value is -1.89. The first-order chi connectivity index (χ1) is 11.2. The molecule has 6 nitrogen and oxygen atoms in total. The van der Waals surface area contributed by atoms with E-state index in [2.05, 4.69) is 32.0 Å². The van der Waals surface area contributed by atoms with Gasteiger partial charge in [-0.3, -0.25) is 14.3 Å². The Morgan fingerprint density at radius 1 is 1.39 bits per heavy atom. The molecule has 0 bridgehead atoms. The topological polar surface area (TPSA) is 72.7 Å². The summed E-state index contributed by atoms with van der Waals surface area (Å²) in [5.41, 5.74) is 1.01. The van der Waals surface area contributed by atoms with Crippen molar-refractivity contribution in [3.05, 3.63) is 24.5 Å². The number of carbonyl (C=O) groups excluding carboxylic acids is 1. The highest BCUT2D eigenvalue weighted by Gasteiger charge is 2.30. The van der Waals surface area contributed by atoms with Crippen molar-refractivity contribution in [2.24, 2.45) is 0 Å². The fourth-order valence-electron chi connectivity index (χ4n) is 2.28. The zero-order valence-electron chi connectivity index (χ0n) is 13.4. The van der Waals surface area contributed by atoms with Crippen molar-refractivity contribution >= 4 is 17.7 Å². The minimum atomic E-state index is 0.0418. The molecule has 1 N–H and O–H groups in total. The van der Waals surface area contributed by atoms with Crippen molar-refractivity contribution in [3.63, 3.8) is 0 Å². The summed E-state index contributed by atoms with van der Waals surface area (Å²) in [5.74, 6) is 1.27. The lowest BCUT2D eigenvalue weighted by molar-refractivity contribution is -0.119. The van der Waals surface area contributed by atoms with Gasteiger partial charge in [0, 0.05) is 30.0 Å². The van der Waals surface area contributed by atoms with E-state index in [4.69, 9.17) is 0 Å². The maximum Gasteiger partial charge on any atom is 0.230 e. The summed E-state index contributed by atoms with van der Waals surface area (Å²) in [4.78, 5) is 16.0. The second kappa shape index (κ2) is 7.12. The van der Waals surface area contributed by atoms with Gasteiger partial charge in [0.1, 0.15) is 0 Å². The standard InChI is InChI=1S/C16H21N5OS/c1-3-11(2)18-14(22)10-23-16-20-19-15(21(16)13-4-5-13)12-6-8-17-9-7-12/h6-9,11,13H,3-5,10H2,1-2H3,(H,18,22)/t11-/m0/s1. The number of aromatic nitrogens is 4. The van der Waals surface area contributed by atoms with Crippen molar-refractivity contribution < 1.29 is 4.79 Å². The minimum absolute atomic E-state index is 0.0418. The molecule has 1 saturated carbocycles. The number of amides is 1. The molecule has 2 aromatic rings. The van der Waals surface area contributed by atoms with E-state index in [-0.39, 0.29) is 11.9 Å². The van der Waals surface area contributed by atoms with Crippen LogP contribution in [0.2, 0.25) is 0 Å². The molecule has 1 amide bonds. The van der Waals surface area contributed by atoms with Gasteiger partial charge >= 0.3 is 0 Å². The molecule has 2 heterocycles. The van der Waals surface area contributed by atoms with Crippen LogP contribution in [-0.4, -0.2) is 37.5 Å². The Kier molecular flexibility index (Phi) is 4.95. The van der Waals surface area contributed by atoms with Gasteiger partial charge in [-0.05, 0) is 38.3 Å². The highest BCUT2D eigenvalue weighted by atomic mass is 32.2. The van der Waals surface area contributed by atoms with Crippen molar-refractivity contribution in [2.45, 2.75) is 50.4 Å². The predicted octanol–water partition coefficient (Wildman–Crippen LogP) is 2.68. The molecule has 3 rings (SSSR count). The molecule has 1 aliphatic rings. The Morgan fingerprint density at radius 3 is 2.78 bits per heavy atom. The Bertz CT molecular complexity index is 668. The molecule has 122 valence electrons. The monoisotopic (exact) mass is 331 g/mol. The normalized spacial score (nSPS) is 15.4. The van der Waals surface area contributed by atoms with Gasteiger partial charge in [0.05, 0.1) is 5.75 Å². The third-order valence-electron chi connectivity index (χ3n) is 3.87. The molecule has 7 heteroatoms. The highest BCUT2D eigenvalue weighted by Crippen LogP contribution is 2.40. The van der Waals surface area contributed by atoms with E-state index in [0.717, 1.165) is 35.8 Å². The first kappa shape index (κ1) is 16.0. The summed E-state index contributed by atoms with van der Waals surface area (Å²) < 4.78 is 2.16. The fourth-order valence-corrected chi connectivity index (χ4v) is 3.10. The fraction of sp³-hybridized carbons (Fsp3) is 0.500. The number of pyridine rings is 1. The molecular formula is C16H21N5OS. The molecule has 0 aromatic carbocycles. The van der Waals surface area contributed by atoms with Crippen LogP contribution in [0.1, 0.15) is 39.2 Å².